The minimum Gasteiger partial charge on any atom is -0.292 e. The smallest absolute Gasteiger partial charge is 0.181 e. The molecule has 0 bridgehead atoms. The van der Waals surface area contributed by atoms with Crippen LogP contribution in [0.5, 0.6) is 0 Å². The van der Waals surface area contributed by atoms with Gasteiger partial charge >= 0.3 is 0 Å². The van der Waals surface area contributed by atoms with Crippen LogP contribution >= 0.6 is 12.4 Å². The number of halogens is 1. The molecule has 0 radical (unpaired) electrons. The molecule has 0 N–H and O–H groups in total. The number of carbonyl (C=O) groups is 1. The van der Waals surface area contributed by atoms with Crippen LogP contribution in [-0.4, -0.2) is 10.8 Å². The second-order valence-corrected chi connectivity index (χ2v) is 6.63. The van der Waals surface area contributed by atoms with Gasteiger partial charge in [0.2, 0.25) is 0 Å². The monoisotopic (exact) mass is 353 g/mol. The van der Waals surface area contributed by atoms with Gasteiger partial charge in [-0.2, -0.15) is 0 Å². The lowest BCUT2D eigenvalue weighted by atomic mass is 10.0. The number of nitrogens with zero attached hydrogens (tertiary/aromatic N) is 1. The lowest BCUT2D eigenvalue weighted by Crippen LogP contribution is -2.01. The third-order valence-electron chi connectivity index (χ3n) is 4.46. The van der Waals surface area contributed by atoms with Gasteiger partial charge in [-0.15, -0.1) is 12.4 Å². The van der Waals surface area contributed by atoms with Gasteiger partial charge in [0.05, 0.1) is 0 Å². The minimum absolute atomic E-state index is 0. The number of hydrogen-bond acceptors (Lipinski definition) is 2. The van der Waals surface area contributed by atoms with E-state index >= 15 is 0 Å². The summed E-state index contributed by atoms with van der Waals surface area (Å²) in [6, 6.07) is 5.54. The molecule has 0 atom stereocenters. The van der Waals surface area contributed by atoms with Crippen molar-refractivity contribution in [1.82, 2.24) is 4.98 Å². The fourth-order valence-electron chi connectivity index (χ4n) is 2.96. The Morgan fingerprint density at radius 2 is 1.29 bits per heavy atom. The van der Waals surface area contributed by atoms with Crippen molar-refractivity contribution in [1.29, 1.82) is 0 Å². The lowest BCUT2D eigenvalue weighted by molar-refractivity contribution is 0.0974. The van der Waals surface area contributed by atoms with Crippen molar-refractivity contribution >= 4 is 18.2 Å². The minimum atomic E-state index is 0. The molecule has 0 aliphatic carbocycles. The highest BCUT2D eigenvalue weighted by Gasteiger charge is 2.05. The van der Waals surface area contributed by atoms with E-state index in [-0.39, 0.29) is 18.2 Å². The predicted molar refractivity (Wildman–Crippen MR) is 106 cm³/mol. The van der Waals surface area contributed by atoms with Gasteiger partial charge in [-0.25, -0.2) is 0 Å². The van der Waals surface area contributed by atoms with Gasteiger partial charge in [0.1, 0.15) is 5.69 Å². The van der Waals surface area contributed by atoms with E-state index in [1.165, 1.54) is 77.0 Å². The quantitative estimate of drug-likeness (QED) is 0.247. The van der Waals surface area contributed by atoms with Crippen molar-refractivity contribution in [2.75, 3.05) is 0 Å². The highest BCUT2D eigenvalue weighted by atomic mass is 35.5. The molecule has 0 aromatic carbocycles. The summed E-state index contributed by atoms with van der Waals surface area (Å²) in [4.78, 5) is 16.0. The zero-order valence-electron chi connectivity index (χ0n) is 15.5. The first-order valence-corrected chi connectivity index (χ1v) is 9.79. The summed E-state index contributed by atoms with van der Waals surface area (Å²) in [7, 11) is 0. The average molecular weight is 354 g/mol. The molecule has 1 aromatic heterocycles. The van der Waals surface area contributed by atoms with Crippen molar-refractivity contribution < 1.29 is 4.79 Å². The summed E-state index contributed by atoms with van der Waals surface area (Å²) in [5.41, 5.74) is 0.617. The predicted octanol–water partition coefficient (Wildman–Crippen LogP) is 7.17. The molecule has 0 unspecified atom stereocenters. The summed E-state index contributed by atoms with van der Waals surface area (Å²) in [5, 5.41) is 0. The number of Topliss-reactive ketones (excluding diaryl/α,β-unsaturated/α-hetero) is 1. The molecule has 0 amide bonds. The summed E-state index contributed by atoms with van der Waals surface area (Å²) in [5.74, 6) is 0.189. The van der Waals surface area contributed by atoms with E-state index in [9.17, 15) is 4.79 Å². The summed E-state index contributed by atoms with van der Waals surface area (Å²) >= 11 is 0. The molecule has 0 aliphatic rings. The summed E-state index contributed by atoms with van der Waals surface area (Å²) in [6.07, 6.45) is 19.7. The maximum atomic E-state index is 11.9. The molecule has 2 nitrogen and oxygen atoms in total. The van der Waals surface area contributed by atoms with Crippen LogP contribution in [0.15, 0.2) is 24.4 Å². The zero-order valence-corrected chi connectivity index (χ0v) is 16.3. The Morgan fingerprint density at radius 1 is 0.792 bits per heavy atom. The van der Waals surface area contributed by atoms with Gasteiger partial charge in [0.25, 0.3) is 0 Å². The topological polar surface area (TPSA) is 30.0 Å². The first kappa shape index (κ1) is 23.1. The van der Waals surface area contributed by atoms with Gasteiger partial charge in [0.15, 0.2) is 5.78 Å². The van der Waals surface area contributed by atoms with Gasteiger partial charge in [-0.05, 0) is 18.6 Å². The van der Waals surface area contributed by atoms with Crippen LogP contribution in [0.2, 0.25) is 0 Å². The van der Waals surface area contributed by atoms with Gasteiger partial charge < -0.3 is 0 Å². The molecule has 0 saturated heterocycles. The molecule has 138 valence electrons. The number of ketones is 1. The van der Waals surface area contributed by atoms with Crippen molar-refractivity contribution in [3.63, 3.8) is 0 Å². The number of unbranched alkanes of at least 4 members (excludes halogenated alkanes) is 12. The molecular formula is C21H36ClNO. The van der Waals surface area contributed by atoms with Crippen molar-refractivity contribution in [2.45, 2.75) is 96.8 Å². The average Bonchev–Trinajstić information content (AvgIpc) is 2.59. The third kappa shape index (κ3) is 12.5. The molecule has 0 fully saturated rings. The number of carbonyl (C=O) groups excluding carboxylic acids is 1. The summed E-state index contributed by atoms with van der Waals surface area (Å²) < 4.78 is 0. The number of pyridine rings is 1. The Morgan fingerprint density at radius 3 is 1.75 bits per heavy atom. The van der Waals surface area contributed by atoms with E-state index in [0.29, 0.717) is 12.1 Å². The van der Waals surface area contributed by atoms with Crippen molar-refractivity contribution in [2.24, 2.45) is 0 Å². The Hall–Kier alpha value is -0.890. The molecular weight excluding hydrogens is 318 g/mol. The fraction of sp³-hybridized carbons (Fsp3) is 0.714. The molecule has 0 saturated carbocycles. The third-order valence-corrected chi connectivity index (χ3v) is 4.46. The van der Waals surface area contributed by atoms with Gasteiger partial charge in [-0.3, -0.25) is 9.78 Å². The van der Waals surface area contributed by atoms with Gasteiger partial charge in [-0.1, -0.05) is 90.0 Å². The Labute approximate surface area is 155 Å². The fourth-order valence-corrected chi connectivity index (χ4v) is 2.96. The summed E-state index contributed by atoms with van der Waals surface area (Å²) in [6.45, 7) is 2.27. The largest absolute Gasteiger partial charge is 0.292 e. The van der Waals surface area contributed by atoms with E-state index < -0.39 is 0 Å². The Balaban J connectivity index is 0.00000529. The zero-order chi connectivity index (χ0) is 16.6. The molecule has 1 rings (SSSR count). The van der Waals surface area contributed by atoms with Crippen LogP contribution in [0.25, 0.3) is 0 Å². The van der Waals surface area contributed by atoms with E-state index in [1.54, 1.807) is 6.20 Å². The molecule has 1 aromatic rings. The van der Waals surface area contributed by atoms with Crippen LogP contribution < -0.4 is 0 Å². The van der Waals surface area contributed by atoms with Crippen LogP contribution in [0, 0.1) is 0 Å². The maximum absolute atomic E-state index is 11.9. The van der Waals surface area contributed by atoms with Crippen LogP contribution in [0.3, 0.4) is 0 Å². The number of aromatic nitrogens is 1. The second-order valence-electron chi connectivity index (χ2n) is 6.63. The first-order chi connectivity index (χ1) is 11.3. The number of hydrogen-bond donors (Lipinski definition) is 0. The number of rotatable bonds is 15. The SMILES string of the molecule is CCCCCCCCCCCCCCCC(=O)c1ccccn1.Cl. The Bertz CT molecular complexity index is 394. The second kappa shape index (κ2) is 17.0. The van der Waals surface area contributed by atoms with E-state index in [4.69, 9.17) is 0 Å². The normalized spacial score (nSPS) is 10.4. The molecule has 1 heterocycles. The molecule has 0 spiro atoms. The highest BCUT2D eigenvalue weighted by Crippen LogP contribution is 2.13. The van der Waals surface area contributed by atoms with Crippen molar-refractivity contribution in [3.8, 4) is 0 Å². The van der Waals surface area contributed by atoms with E-state index in [2.05, 4.69) is 11.9 Å². The molecule has 3 heteroatoms. The standard InChI is InChI=1S/C21H35NO.ClH/c1-2-3-4-5-6-7-8-9-10-11-12-13-14-18-21(23)20-17-15-16-19-22-20;/h15-17,19H,2-14,18H2,1H3;1H. The maximum Gasteiger partial charge on any atom is 0.181 e. The first-order valence-electron chi connectivity index (χ1n) is 9.79. The highest BCUT2D eigenvalue weighted by molar-refractivity contribution is 5.94. The van der Waals surface area contributed by atoms with Crippen LogP contribution in [-0.2, 0) is 0 Å². The van der Waals surface area contributed by atoms with E-state index in [0.717, 1.165) is 6.42 Å². The lowest BCUT2D eigenvalue weighted by Gasteiger charge is -2.03. The van der Waals surface area contributed by atoms with Crippen LogP contribution in [0.4, 0.5) is 0 Å². The molecule has 24 heavy (non-hydrogen) atoms. The van der Waals surface area contributed by atoms with Crippen LogP contribution in [0.1, 0.15) is 107 Å². The van der Waals surface area contributed by atoms with E-state index in [1.807, 2.05) is 18.2 Å². The van der Waals surface area contributed by atoms with Gasteiger partial charge in [0, 0.05) is 12.6 Å². The van der Waals surface area contributed by atoms with Crippen molar-refractivity contribution in [3.05, 3.63) is 30.1 Å². The Kier molecular flexibility index (Phi) is 16.3. The molecule has 0 aliphatic heterocycles.